The molecule has 33 heavy (non-hydrogen) atoms. The third kappa shape index (κ3) is 4.26. The van der Waals surface area contributed by atoms with Gasteiger partial charge in [0.1, 0.15) is 29.8 Å². The van der Waals surface area contributed by atoms with Crippen molar-refractivity contribution in [3.63, 3.8) is 0 Å². The summed E-state index contributed by atoms with van der Waals surface area (Å²) in [7, 11) is 4.07. The van der Waals surface area contributed by atoms with Crippen LogP contribution >= 0.6 is 0 Å². The van der Waals surface area contributed by atoms with Gasteiger partial charge in [-0.3, -0.25) is 0 Å². The van der Waals surface area contributed by atoms with E-state index in [-0.39, 0.29) is 0 Å². The zero-order valence-electron chi connectivity index (χ0n) is 19.8. The Bertz CT molecular complexity index is 1330. The molecule has 8 heteroatoms. The molecule has 0 spiro atoms. The first-order valence-electron chi connectivity index (χ1n) is 11.2. The number of imidazole rings is 1. The number of hydrogen-bond acceptors (Lipinski definition) is 7. The molecule has 3 aromatic heterocycles. The van der Waals surface area contributed by atoms with E-state index in [0.717, 1.165) is 75.4 Å². The smallest absolute Gasteiger partial charge is 0.177 e. The normalized spacial score (nSPS) is 13.8. The summed E-state index contributed by atoms with van der Waals surface area (Å²) >= 11 is 0. The van der Waals surface area contributed by atoms with Crippen molar-refractivity contribution < 1.29 is 4.74 Å². The molecule has 1 aliphatic heterocycles. The maximum Gasteiger partial charge on any atom is 0.177 e. The minimum Gasteiger partial charge on any atom is -0.491 e. The zero-order chi connectivity index (χ0) is 23.1. The lowest BCUT2D eigenvalue weighted by atomic mass is 10.0. The van der Waals surface area contributed by atoms with Crippen LogP contribution in [0.2, 0.25) is 0 Å². The van der Waals surface area contributed by atoms with Crippen molar-refractivity contribution in [3.05, 3.63) is 58.9 Å². The molecule has 4 aromatic rings. The summed E-state index contributed by atoms with van der Waals surface area (Å²) in [5, 5.41) is 0. The predicted molar refractivity (Wildman–Crippen MR) is 130 cm³/mol. The first kappa shape index (κ1) is 21.3. The maximum atomic E-state index is 6.10. The summed E-state index contributed by atoms with van der Waals surface area (Å²) in [4.78, 5) is 26.2. The summed E-state index contributed by atoms with van der Waals surface area (Å²) in [5.41, 5.74) is 7.10. The van der Waals surface area contributed by atoms with Crippen molar-refractivity contribution in [2.45, 2.75) is 33.9 Å². The van der Waals surface area contributed by atoms with Crippen LogP contribution in [-0.4, -0.2) is 57.1 Å². The van der Waals surface area contributed by atoms with Gasteiger partial charge in [0.05, 0.1) is 18.6 Å². The molecule has 0 amide bonds. The standard InChI is InChI=1S/C25H29N7O/c1-15-16(2)27-23(14-31(4)5)30-25(15)32-8-9-33-22-7-6-18(10-20(22)13-32)19-11-21-24(26-12-19)29-17(3)28-21/h6-7,10-12H,8-9,13-14H2,1-5H3,(H,26,28,29). The third-order valence-electron chi connectivity index (χ3n) is 6.00. The van der Waals surface area contributed by atoms with Gasteiger partial charge in [0.2, 0.25) is 0 Å². The molecule has 0 radical (unpaired) electrons. The molecular weight excluding hydrogens is 414 g/mol. The molecular formula is C25H29N7O. The van der Waals surface area contributed by atoms with Crippen molar-refractivity contribution in [2.75, 3.05) is 32.1 Å². The highest BCUT2D eigenvalue weighted by atomic mass is 16.5. The van der Waals surface area contributed by atoms with Crippen LogP contribution in [0.15, 0.2) is 30.5 Å². The highest BCUT2D eigenvalue weighted by Gasteiger charge is 2.21. The van der Waals surface area contributed by atoms with Gasteiger partial charge in [-0.25, -0.2) is 19.9 Å². The lowest BCUT2D eigenvalue weighted by molar-refractivity contribution is 0.331. The van der Waals surface area contributed by atoms with Crippen LogP contribution in [0.1, 0.15) is 28.5 Å². The number of anilines is 1. The zero-order valence-corrected chi connectivity index (χ0v) is 19.8. The number of ether oxygens (including phenoxy) is 1. The van der Waals surface area contributed by atoms with Gasteiger partial charge in [0.25, 0.3) is 0 Å². The number of nitrogens with one attached hydrogen (secondary N) is 1. The molecule has 1 N–H and O–H groups in total. The lowest BCUT2D eigenvalue weighted by Crippen LogP contribution is -2.28. The first-order chi connectivity index (χ1) is 15.9. The monoisotopic (exact) mass is 443 g/mol. The van der Waals surface area contributed by atoms with Crippen molar-refractivity contribution >= 4 is 17.0 Å². The molecule has 5 rings (SSSR count). The SMILES string of the molecule is Cc1nc2ncc(-c3ccc4c(c3)CN(c3nc(CN(C)C)nc(C)c3C)CCO4)cc2[nH]1. The number of aryl methyl sites for hydroxylation is 2. The summed E-state index contributed by atoms with van der Waals surface area (Å²) in [6, 6.07) is 8.46. The van der Waals surface area contributed by atoms with Crippen LogP contribution < -0.4 is 9.64 Å². The van der Waals surface area contributed by atoms with Gasteiger partial charge < -0.3 is 19.5 Å². The highest BCUT2D eigenvalue weighted by molar-refractivity contribution is 5.78. The fourth-order valence-corrected chi connectivity index (χ4v) is 4.26. The topological polar surface area (TPSA) is 83.1 Å². The molecule has 0 atom stereocenters. The fourth-order valence-electron chi connectivity index (χ4n) is 4.26. The molecule has 0 unspecified atom stereocenters. The minimum atomic E-state index is 0.610. The average Bonchev–Trinajstić information content (AvgIpc) is 3.01. The van der Waals surface area contributed by atoms with Crippen molar-refractivity contribution in [1.29, 1.82) is 0 Å². The Morgan fingerprint density at radius 3 is 2.73 bits per heavy atom. The number of rotatable bonds is 4. The number of nitrogens with zero attached hydrogens (tertiary/aromatic N) is 6. The van der Waals surface area contributed by atoms with E-state index in [1.807, 2.05) is 27.2 Å². The Morgan fingerprint density at radius 2 is 1.91 bits per heavy atom. The average molecular weight is 444 g/mol. The van der Waals surface area contributed by atoms with Crippen LogP contribution in [0.3, 0.4) is 0 Å². The number of benzene rings is 1. The molecule has 170 valence electrons. The molecule has 1 aliphatic rings. The number of fused-ring (bicyclic) bond motifs is 2. The van der Waals surface area contributed by atoms with Crippen molar-refractivity contribution in [3.8, 4) is 16.9 Å². The maximum absolute atomic E-state index is 6.10. The van der Waals surface area contributed by atoms with Gasteiger partial charge in [0.15, 0.2) is 5.65 Å². The number of aromatic amines is 1. The molecule has 8 nitrogen and oxygen atoms in total. The second-order valence-corrected chi connectivity index (χ2v) is 8.92. The minimum absolute atomic E-state index is 0.610. The Kier molecular flexibility index (Phi) is 5.46. The second-order valence-electron chi connectivity index (χ2n) is 8.92. The van der Waals surface area contributed by atoms with Gasteiger partial charge in [-0.15, -0.1) is 0 Å². The molecule has 0 saturated carbocycles. The summed E-state index contributed by atoms with van der Waals surface area (Å²) in [5.74, 6) is 3.61. The number of aromatic nitrogens is 5. The van der Waals surface area contributed by atoms with E-state index in [2.05, 4.69) is 62.9 Å². The van der Waals surface area contributed by atoms with E-state index >= 15 is 0 Å². The number of H-pyrrole nitrogens is 1. The fraction of sp³-hybridized carbons (Fsp3) is 0.360. The summed E-state index contributed by atoms with van der Waals surface area (Å²) in [6.07, 6.45) is 1.88. The van der Waals surface area contributed by atoms with E-state index in [1.165, 1.54) is 0 Å². The van der Waals surface area contributed by atoms with Gasteiger partial charge in [-0.1, -0.05) is 6.07 Å². The van der Waals surface area contributed by atoms with Crippen LogP contribution in [0.5, 0.6) is 5.75 Å². The van der Waals surface area contributed by atoms with Crippen LogP contribution in [0, 0.1) is 20.8 Å². The van der Waals surface area contributed by atoms with Gasteiger partial charge >= 0.3 is 0 Å². The van der Waals surface area contributed by atoms with E-state index in [4.69, 9.17) is 14.7 Å². The Balaban J connectivity index is 1.50. The number of pyridine rings is 1. The third-order valence-corrected chi connectivity index (χ3v) is 6.00. The quantitative estimate of drug-likeness (QED) is 0.514. The second kappa shape index (κ2) is 8.44. The molecule has 1 aromatic carbocycles. The van der Waals surface area contributed by atoms with Crippen LogP contribution in [0.25, 0.3) is 22.3 Å². The van der Waals surface area contributed by atoms with Crippen LogP contribution in [0.4, 0.5) is 5.82 Å². The van der Waals surface area contributed by atoms with Gasteiger partial charge in [0, 0.05) is 35.1 Å². The Hall–Kier alpha value is -3.52. The summed E-state index contributed by atoms with van der Waals surface area (Å²) in [6.45, 7) is 8.90. The van der Waals surface area contributed by atoms with E-state index in [1.54, 1.807) is 0 Å². The lowest BCUT2D eigenvalue weighted by Gasteiger charge is -2.24. The molecule has 0 aliphatic carbocycles. The van der Waals surface area contributed by atoms with E-state index < -0.39 is 0 Å². The van der Waals surface area contributed by atoms with Gasteiger partial charge in [-0.05, 0) is 58.6 Å². The Labute approximate surface area is 193 Å². The highest BCUT2D eigenvalue weighted by Crippen LogP contribution is 2.32. The summed E-state index contributed by atoms with van der Waals surface area (Å²) < 4.78 is 6.10. The van der Waals surface area contributed by atoms with Crippen molar-refractivity contribution in [1.82, 2.24) is 29.8 Å². The molecule has 0 saturated heterocycles. The van der Waals surface area contributed by atoms with E-state index in [9.17, 15) is 0 Å². The Morgan fingerprint density at radius 1 is 1.06 bits per heavy atom. The molecule has 4 heterocycles. The van der Waals surface area contributed by atoms with Crippen molar-refractivity contribution in [2.24, 2.45) is 0 Å². The van der Waals surface area contributed by atoms with E-state index in [0.29, 0.717) is 13.2 Å². The first-order valence-corrected chi connectivity index (χ1v) is 11.2. The predicted octanol–water partition coefficient (Wildman–Crippen LogP) is 3.80. The molecule has 0 fully saturated rings. The number of hydrogen-bond donors (Lipinski definition) is 1. The largest absolute Gasteiger partial charge is 0.491 e. The molecule has 0 bridgehead atoms. The van der Waals surface area contributed by atoms with Crippen LogP contribution in [-0.2, 0) is 13.1 Å². The van der Waals surface area contributed by atoms with Gasteiger partial charge in [-0.2, -0.15) is 0 Å².